The lowest BCUT2D eigenvalue weighted by atomic mass is 10.1. The number of fused-ring (bicyclic) bond motifs is 1. The van der Waals surface area contributed by atoms with Gasteiger partial charge in [0.25, 0.3) is 0 Å². The highest BCUT2D eigenvalue weighted by Gasteiger charge is 2.12. The van der Waals surface area contributed by atoms with Crippen molar-refractivity contribution in [1.29, 1.82) is 0 Å². The summed E-state index contributed by atoms with van der Waals surface area (Å²) in [5.74, 6) is -0.164. The fraction of sp³-hybridized carbons (Fsp3) is 0.231. The van der Waals surface area contributed by atoms with Crippen LogP contribution < -0.4 is 5.63 Å². The molecule has 0 radical (unpaired) electrons. The minimum atomic E-state index is -0.557. The number of hydrogen-bond acceptors (Lipinski definition) is 3. The van der Waals surface area contributed by atoms with E-state index < -0.39 is 5.63 Å². The first-order chi connectivity index (χ1) is 8.11. The Balaban J connectivity index is 2.61. The van der Waals surface area contributed by atoms with Gasteiger partial charge < -0.3 is 4.42 Å². The van der Waals surface area contributed by atoms with Gasteiger partial charge in [-0.2, -0.15) is 0 Å². The zero-order chi connectivity index (χ0) is 12.4. The van der Waals surface area contributed by atoms with Crippen LogP contribution in [0.15, 0.2) is 37.9 Å². The molecule has 0 unspecified atom stereocenters. The fourth-order valence-electron chi connectivity index (χ4n) is 1.65. The predicted octanol–water partition coefficient (Wildman–Crippen LogP) is 3.54. The van der Waals surface area contributed by atoms with Gasteiger partial charge in [-0.3, -0.25) is 4.79 Å². The average molecular weight is 295 g/mol. The number of carbonyl (C=O) groups excluding carboxylic acids is 1. The fourth-order valence-corrected chi connectivity index (χ4v) is 2.03. The van der Waals surface area contributed by atoms with Gasteiger partial charge in [0.2, 0.25) is 0 Å². The molecule has 0 fully saturated rings. The van der Waals surface area contributed by atoms with Gasteiger partial charge in [0.15, 0.2) is 5.78 Å². The highest BCUT2D eigenvalue weighted by molar-refractivity contribution is 9.10. The first kappa shape index (κ1) is 12.0. The molecule has 2 aromatic rings. The van der Waals surface area contributed by atoms with E-state index >= 15 is 0 Å². The second kappa shape index (κ2) is 4.84. The molecule has 0 spiro atoms. The summed E-state index contributed by atoms with van der Waals surface area (Å²) >= 11 is 3.34. The van der Waals surface area contributed by atoms with Gasteiger partial charge in [0, 0.05) is 16.3 Å². The molecular formula is C13H11BrO3. The van der Waals surface area contributed by atoms with Crippen LogP contribution in [0.25, 0.3) is 11.0 Å². The molecule has 1 aromatic carbocycles. The third kappa shape index (κ3) is 2.47. The third-order valence-electron chi connectivity index (χ3n) is 2.47. The van der Waals surface area contributed by atoms with E-state index in [9.17, 15) is 9.59 Å². The van der Waals surface area contributed by atoms with Crippen molar-refractivity contribution in [2.45, 2.75) is 19.8 Å². The number of halogens is 1. The van der Waals surface area contributed by atoms with E-state index in [-0.39, 0.29) is 11.3 Å². The molecule has 2 rings (SSSR count). The van der Waals surface area contributed by atoms with Crippen LogP contribution in [-0.4, -0.2) is 5.78 Å². The van der Waals surface area contributed by atoms with Gasteiger partial charge in [0.1, 0.15) is 11.1 Å². The molecule has 3 nitrogen and oxygen atoms in total. The summed E-state index contributed by atoms with van der Waals surface area (Å²) in [6.07, 6.45) is 1.08. The van der Waals surface area contributed by atoms with Crippen molar-refractivity contribution in [2.75, 3.05) is 0 Å². The van der Waals surface area contributed by atoms with E-state index in [2.05, 4.69) is 15.9 Å². The van der Waals surface area contributed by atoms with Crippen molar-refractivity contribution in [3.8, 4) is 0 Å². The topological polar surface area (TPSA) is 47.3 Å². The van der Waals surface area contributed by atoms with E-state index in [1.54, 1.807) is 18.2 Å². The highest BCUT2D eigenvalue weighted by Crippen LogP contribution is 2.19. The molecular weight excluding hydrogens is 284 g/mol. The molecule has 0 amide bonds. The Bertz CT molecular complexity index is 628. The molecule has 1 aromatic heterocycles. The second-order valence-electron chi connectivity index (χ2n) is 3.80. The molecule has 0 atom stereocenters. The summed E-state index contributed by atoms with van der Waals surface area (Å²) in [5.41, 5.74) is 0.0713. The zero-order valence-electron chi connectivity index (χ0n) is 9.33. The predicted molar refractivity (Wildman–Crippen MR) is 69.4 cm³/mol. The zero-order valence-corrected chi connectivity index (χ0v) is 10.9. The van der Waals surface area contributed by atoms with Gasteiger partial charge in [0.05, 0.1) is 0 Å². The van der Waals surface area contributed by atoms with Crippen molar-refractivity contribution in [3.05, 3.63) is 44.7 Å². The largest absolute Gasteiger partial charge is 0.422 e. The second-order valence-corrected chi connectivity index (χ2v) is 4.72. The number of rotatable bonds is 3. The maximum absolute atomic E-state index is 11.7. The molecule has 0 aliphatic rings. The number of carbonyl (C=O) groups is 1. The Morgan fingerprint density at radius 2 is 2.12 bits per heavy atom. The van der Waals surface area contributed by atoms with Gasteiger partial charge in [-0.05, 0) is 30.7 Å². The standard InChI is InChI=1S/C13H11BrO3/c1-2-3-11(15)10-7-8-6-9(14)4-5-12(8)17-13(10)16/h4-7H,2-3H2,1H3. The Morgan fingerprint density at radius 1 is 1.35 bits per heavy atom. The minimum Gasteiger partial charge on any atom is -0.422 e. The quantitative estimate of drug-likeness (QED) is 0.642. The summed E-state index contributed by atoms with van der Waals surface area (Å²) in [5, 5.41) is 0.749. The van der Waals surface area contributed by atoms with Crippen LogP contribution in [0.4, 0.5) is 0 Å². The molecule has 0 saturated heterocycles. The maximum Gasteiger partial charge on any atom is 0.347 e. The maximum atomic E-state index is 11.7. The van der Waals surface area contributed by atoms with Gasteiger partial charge >= 0.3 is 5.63 Å². The molecule has 4 heteroatoms. The van der Waals surface area contributed by atoms with Crippen LogP contribution in [0, 0.1) is 0 Å². The average Bonchev–Trinajstić information content (AvgIpc) is 2.29. The van der Waals surface area contributed by atoms with Crippen LogP contribution in [0.5, 0.6) is 0 Å². The Kier molecular flexibility index (Phi) is 3.43. The summed E-state index contributed by atoms with van der Waals surface area (Å²) in [7, 11) is 0. The van der Waals surface area contributed by atoms with E-state index in [1.165, 1.54) is 0 Å². The number of ketones is 1. The van der Waals surface area contributed by atoms with Crippen LogP contribution in [0.2, 0.25) is 0 Å². The summed E-state index contributed by atoms with van der Waals surface area (Å²) in [6, 6.07) is 6.92. The molecule has 88 valence electrons. The SMILES string of the molecule is CCCC(=O)c1cc2cc(Br)ccc2oc1=O. The minimum absolute atomic E-state index is 0.137. The summed E-state index contributed by atoms with van der Waals surface area (Å²) in [6.45, 7) is 1.90. The monoisotopic (exact) mass is 294 g/mol. The van der Waals surface area contributed by atoms with Gasteiger partial charge in [-0.15, -0.1) is 0 Å². The van der Waals surface area contributed by atoms with E-state index in [4.69, 9.17) is 4.42 Å². The first-order valence-corrected chi connectivity index (χ1v) is 6.17. The molecule has 0 N–H and O–H groups in total. The Hall–Kier alpha value is -1.42. The Labute approximate surface area is 107 Å². The highest BCUT2D eigenvalue weighted by atomic mass is 79.9. The smallest absolute Gasteiger partial charge is 0.347 e. The van der Waals surface area contributed by atoms with Crippen molar-refractivity contribution in [2.24, 2.45) is 0 Å². The molecule has 0 aliphatic carbocycles. The third-order valence-corrected chi connectivity index (χ3v) is 2.96. The van der Waals surface area contributed by atoms with Gasteiger partial charge in [-0.1, -0.05) is 22.9 Å². The van der Waals surface area contributed by atoms with Crippen LogP contribution >= 0.6 is 15.9 Å². The van der Waals surface area contributed by atoms with E-state index in [0.717, 1.165) is 16.3 Å². The van der Waals surface area contributed by atoms with Crippen molar-refractivity contribution in [1.82, 2.24) is 0 Å². The van der Waals surface area contributed by atoms with Gasteiger partial charge in [-0.25, -0.2) is 4.79 Å². The van der Waals surface area contributed by atoms with E-state index in [1.807, 2.05) is 13.0 Å². The van der Waals surface area contributed by atoms with Crippen molar-refractivity contribution in [3.63, 3.8) is 0 Å². The summed E-state index contributed by atoms with van der Waals surface area (Å²) in [4.78, 5) is 23.4. The molecule has 0 bridgehead atoms. The molecule has 1 heterocycles. The lowest BCUT2D eigenvalue weighted by Crippen LogP contribution is -2.13. The number of Topliss-reactive ketones (excluding diaryl/α,β-unsaturated/α-hetero) is 1. The van der Waals surface area contributed by atoms with Crippen LogP contribution in [0.3, 0.4) is 0 Å². The molecule has 0 saturated carbocycles. The lowest BCUT2D eigenvalue weighted by molar-refractivity contribution is 0.0978. The van der Waals surface area contributed by atoms with Crippen LogP contribution in [0.1, 0.15) is 30.1 Å². The van der Waals surface area contributed by atoms with E-state index in [0.29, 0.717) is 12.0 Å². The van der Waals surface area contributed by atoms with Crippen molar-refractivity contribution < 1.29 is 9.21 Å². The summed E-state index contributed by atoms with van der Waals surface area (Å²) < 4.78 is 6.00. The lowest BCUT2D eigenvalue weighted by Gasteiger charge is -2.01. The first-order valence-electron chi connectivity index (χ1n) is 5.38. The number of benzene rings is 1. The molecule has 0 aliphatic heterocycles. The van der Waals surface area contributed by atoms with Crippen molar-refractivity contribution >= 4 is 32.7 Å². The molecule has 17 heavy (non-hydrogen) atoms. The van der Waals surface area contributed by atoms with Crippen LogP contribution in [-0.2, 0) is 0 Å². The number of hydrogen-bond donors (Lipinski definition) is 0. The normalized spacial score (nSPS) is 10.7. The Morgan fingerprint density at radius 3 is 2.82 bits per heavy atom.